The third-order valence-electron chi connectivity index (χ3n) is 1.52. The minimum atomic E-state index is -0.862. The zero-order valence-electron chi connectivity index (χ0n) is 7.03. The van der Waals surface area contributed by atoms with E-state index in [0.717, 1.165) is 0 Å². The Hall–Kier alpha value is -1.06. The lowest BCUT2D eigenvalue weighted by atomic mass is 10.2. The summed E-state index contributed by atoms with van der Waals surface area (Å²) in [6.07, 6.45) is -0.862. The van der Waals surface area contributed by atoms with Crippen LogP contribution in [0.4, 0.5) is 5.69 Å². The number of aliphatic hydroxyl groups excluding tert-OH is 1. The number of benzene rings is 1. The second kappa shape index (κ2) is 4.09. The van der Waals surface area contributed by atoms with Crippen LogP contribution in [0.5, 0.6) is 0 Å². The Morgan fingerprint density at radius 1 is 1.58 bits per heavy atom. The molecule has 0 aliphatic rings. The van der Waals surface area contributed by atoms with Crippen molar-refractivity contribution in [2.45, 2.75) is 13.2 Å². The van der Waals surface area contributed by atoms with Crippen LogP contribution in [0.25, 0.3) is 0 Å². The Balaban J connectivity index is 2.73. The maximum atomic E-state index is 9.37. The average Bonchev–Trinajstić information content (AvgIpc) is 2.05. The topological polar surface area (TPSA) is 55.5 Å². The number of hydrogen-bond donors (Lipinski definition) is 2. The average molecular weight is 167 g/mol. The van der Waals surface area contributed by atoms with Crippen LogP contribution in [-0.2, 0) is 4.74 Å². The summed E-state index contributed by atoms with van der Waals surface area (Å²) in [4.78, 5) is 0. The van der Waals surface area contributed by atoms with E-state index in [2.05, 4.69) is 0 Å². The van der Waals surface area contributed by atoms with E-state index >= 15 is 0 Å². The number of rotatable bonds is 3. The molecule has 0 saturated heterocycles. The highest BCUT2D eigenvalue weighted by Crippen LogP contribution is 2.16. The number of anilines is 1. The molecule has 0 radical (unpaired) electrons. The first-order valence-corrected chi connectivity index (χ1v) is 3.89. The van der Waals surface area contributed by atoms with E-state index in [-0.39, 0.29) is 0 Å². The Labute approximate surface area is 71.8 Å². The van der Waals surface area contributed by atoms with E-state index in [0.29, 0.717) is 17.9 Å². The van der Waals surface area contributed by atoms with Gasteiger partial charge in [0.2, 0.25) is 0 Å². The van der Waals surface area contributed by atoms with Gasteiger partial charge in [0.1, 0.15) is 0 Å². The Bertz CT molecular complexity index is 250. The van der Waals surface area contributed by atoms with Crippen molar-refractivity contribution < 1.29 is 9.84 Å². The normalized spacial score (nSPS) is 12.8. The van der Waals surface area contributed by atoms with Gasteiger partial charge < -0.3 is 15.6 Å². The van der Waals surface area contributed by atoms with Crippen LogP contribution in [0.3, 0.4) is 0 Å². The van der Waals surface area contributed by atoms with Gasteiger partial charge >= 0.3 is 0 Å². The third-order valence-corrected chi connectivity index (χ3v) is 1.52. The quantitative estimate of drug-likeness (QED) is 0.527. The zero-order valence-corrected chi connectivity index (χ0v) is 7.03. The van der Waals surface area contributed by atoms with Gasteiger partial charge in [0.25, 0.3) is 0 Å². The van der Waals surface area contributed by atoms with Gasteiger partial charge in [0.15, 0.2) is 6.29 Å². The monoisotopic (exact) mass is 167 g/mol. The molecular weight excluding hydrogens is 154 g/mol. The fraction of sp³-hybridized carbons (Fsp3) is 0.333. The van der Waals surface area contributed by atoms with Gasteiger partial charge in [-0.05, 0) is 19.1 Å². The van der Waals surface area contributed by atoms with E-state index in [4.69, 9.17) is 10.5 Å². The van der Waals surface area contributed by atoms with Crippen molar-refractivity contribution >= 4 is 5.69 Å². The minimum Gasteiger partial charge on any atom is -0.399 e. The van der Waals surface area contributed by atoms with E-state index in [9.17, 15) is 5.11 Å². The highest BCUT2D eigenvalue weighted by Gasteiger charge is 2.05. The standard InChI is InChI=1S/C9H13NO2/c1-2-12-9(11)7-4-3-5-8(10)6-7/h3-6,9,11H,2,10H2,1H3. The lowest BCUT2D eigenvalue weighted by Gasteiger charge is -2.10. The van der Waals surface area contributed by atoms with Crippen LogP contribution in [0.15, 0.2) is 24.3 Å². The lowest BCUT2D eigenvalue weighted by Crippen LogP contribution is -2.02. The number of nitrogens with two attached hydrogens (primary N) is 1. The van der Waals surface area contributed by atoms with Crippen molar-refractivity contribution in [1.82, 2.24) is 0 Å². The highest BCUT2D eigenvalue weighted by molar-refractivity contribution is 5.40. The summed E-state index contributed by atoms with van der Waals surface area (Å²) in [5, 5.41) is 9.37. The summed E-state index contributed by atoms with van der Waals surface area (Å²) in [6.45, 7) is 2.31. The Morgan fingerprint density at radius 2 is 2.33 bits per heavy atom. The summed E-state index contributed by atoms with van der Waals surface area (Å²) in [5.41, 5.74) is 6.85. The van der Waals surface area contributed by atoms with E-state index in [1.165, 1.54) is 0 Å². The molecule has 3 heteroatoms. The van der Waals surface area contributed by atoms with Crippen LogP contribution in [0.1, 0.15) is 18.8 Å². The molecule has 1 aromatic carbocycles. The molecule has 0 aliphatic heterocycles. The summed E-state index contributed by atoms with van der Waals surface area (Å²) < 4.78 is 4.98. The second-order valence-corrected chi connectivity index (χ2v) is 2.48. The van der Waals surface area contributed by atoms with Crippen molar-refractivity contribution in [3.8, 4) is 0 Å². The van der Waals surface area contributed by atoms with Gasteiger partial charge in [-0.25, -0.2) is 0 Å². The molecule has 3 N–H and O–H groups in total. The first-order chi connectivity index (χ1) is 5.74. The SMILES string of the molecule is CCOC(O)c1cccc(N)c1. The molecule has 66 valence electrons. The largest absolute Gasteiger partial charge is 0.399 e. The van der Waals surface area contributed by atoms with Crippen LogP contribution >= 0.6 is 0 Å². The fourth-order valence-corrected chi connectivity index (χ4v) is 0.967. The molecule has 1 atom stereocenters. The molecule has 0 spiro atoms. The van der Waals surface area contributed by atoms with E-state index in [1.807, 2.05) is 6.92 Å². The molecule has 1 unspecified atom stereocenters. The molecule has 0 heterocycles. The molecule has 0 aliphatic carbocycles. The summed E-state index contributed by atoms with van der Waals surface area (Å²) in [6, 6.07) is 7.02. The summed E-state index contributed by atoms with van der Waals surface area (Å²) >= 11 is 0. The molecule has 0 bridgehead atoms. The van der Waals surface area contributed by atoms with E-state index < -0.39 is 6.29 Å². The van der Waals surface area contributed by atoms with Gasteiger partial charge in [-0.3, -0.25) is 0 Å². The lowest BCUT2D eigenvalue weighted by molar-refractivity contribution is -0.0979. The first-order valence-electron chi connectivity index (χ1n) is 3.89. The van der Waals surface area contributed by atoms with Crippen LogP contribution in [0.2, 0.25) is 0 Å². The van der Waals surface area contributed by atoms with Crippen molar-refractivity contribution in [2.24, 2.45) is 0 Å². The molecule has 0 fully saturated rings. The molecule has 12 heavy (non-hydrogen) atoms. The maximum absolute atomic E-state index is 9.37. The number of ether oxygens (including phenoxy) is 1. The van der Waals surface area contributed by atoms with Crippen molar-refractivity contribution in [1.29, 1.82) is 0 Å². The maximum Gasteiger partial charge on any atom is 0.181 e. The Kier molecular flexibility index (Phi) is 3.08. The molecule has 0 aromatic heterocycles. The first kappa shape index (κ1) is 9.03. The van der Waals surface area contributed by atoms with Crippen LogP contribution in [-0.4, -0.2) is 11.7 Å². The molecule has 0 amide bonds. The van der Waals surface area contributed by atoms with Gasteiger partial charge in [0, 0.05) is 17.9 Å². The summed E-state index contributed by atoms with van der Waals surface area (Å²) in [7, 11) is 0. The van der Waals surface area contributed by atoms with Crippen molar-refractivity contribution in [3.63, 3.8) is 0 Å². The molecule has 3 nitrogen and oxygen atoms in total. The fourth-order valence-electron chi connectivity index (χ4n) is 0.967. The minimum absolute atomic E-state index is 0.482. The smallest absolute Gasteiger partial charge is 0.181 e. The second-order valence-electron chi connectivity index (χ2n) is 2.48. The third kappa shape index (κ3) is 2.22. The molecule has 1 aromatic rings. The highest BCUT2D eigenvalue weighted by atomic mass is 16.6. The van der Waals surface area contributed by atoms with Gasteiger partial charge in [0.05, 0.1) is 0 Å². The molecule has 0 saturated carbocycles. The number of hydrogen-bond acceptors (Lipinski definition) is 3. The molecule has 1 rings (SSSR count). The van der Waals surface area contributed by atoms with Gasteiger partial charge in [-0.15, -0.1) is 0 Å². The van der Waals surface area contributed by atoms with Crippen molar-refractivity contribution in [2.75, 3.05) is 12.3 Å². The predicted octanol–water partition coefficient (Wildman–Crippen LogP) is 1.30. The van der Waals surface area contributed by atoms with Crippen LogP contribution < -0.4 is 5.73 Å². The number of aliphatic hydroxyl groups is 1. The Morgan fingerprint density at radius 3 is 2.92 bits per heavy atom. The van der Waals surface area contributed by atoms with Crippen molar-refractivity contribution in [3.05, 3.63) is 29.8 Å². The summed E-state index contributed by atoms with van der Waals surface area (Å²) in [5.74, 6) is 0. The molecular formula is C9H13NO2. The van der Waals surface area contributed by atoms with E-state index in [1.54, 1.807) is 24.3 Å². The predicted molar refractivity (Wildman–Crippen MR) is 47.4 cm³/mol. The van der Waals surface area contributed by atoms with Gasteiger partial charge in [-0.1, -0.05) is 12.1 Å². The van der Waals surface area contributed by atoms with Gasteiger partial charge in [-0.2, -0.15) is 0 Å². The zero-order chi connectivity index (χ0) is 8.97. The van der Waals surface area contributed by atoms with Crippen LogP contribution in [0, 0.1) is 0 Å². The number of nitrogen functional groups attached to an aromatic ring is 1.